The van der Waals surface area contributed by atoms with Crippen LogP contribution >= 0.6 is 11.3 Å². The molecule has 0 unspecified atom stereocenters. The number of nitrogens with one attached hydrogen (secondary N) is 2. The number of likely N-dealkylation sites (tertiary alicyclic amines) is 1. The minimum atomic E-state index is -0.348. The molecule has 2 aliphatic rings. The summed E-state index contributed by atoms with van der Waals surface area (Å²) in [5.74, 6) is -0.600. The Hall–Kier alpha value is -3.61. The van der Waals surface area contributed by atoms with Crippen LogP contribution in [0.4, 0.5) is 10.8 Å². The number of carbonyl (C=O) groups excluding carboxylic acids is 2. The van der Waals surface area contributed by atoms with Crippen LogP contribution in [0.25, 0.3) is 0 Å². The van der Waals surface area contributed by atoms with Crippen LogP contribution in [0.3, 0.4) is 0 Å². The molecule has 0 spiro atoms. The maximum Gasteiger partial charge on any atom is 0.316 e. The minimum Gasteiger partial charge on any atom is -0.460 e. The molecule has 0 saturated carbocycles. The molecule has 218 valence electrons. The van der Waals surface area contributed by atoms with Crippen molar-refractivity contribution >= 4 is 34.0 Å². The third kappa shape index (κ3) is 7.57. The number of amides is 2. The van der Waals surface area contributed by atoms with Gasteiger partial charge in [-0.2, -0.15) is 0 Å². The van der Waals surface area contributed by atoms with E-state index in [-0.39, 0.29) is 17.9 Å². The van der Waals surface area contributed by atoms with Gasteiger partial charge in [0.2, 0.25) is 0 Å². The fraction of sp³-hybridized carbons (Fsp3) is 0.483. The van der Waals surface area contributed by atoms with E-state index in [1.165, 1.54) is 24.2 Å². The van der Waals surface area contributed by atoms with Gasteiger partial charge in [0.05, 0.1) is 17.9 Å². The van der Waals surface area contributed by atoms with Gasteiger partial charge in [0.15, 0.2) is 5.13 Å². The summed E-state index contributed by atoms with van der Waals surface area (Å²) in [5, 5.41) is 8.35. The predicted octanol–water partition coefficient (Wildman–Crippen LogP) is 3.59. The minimum absolute atomic E-state index is 0.0430. The molecule has 0 bridgehead atoms. The van der Waals surface area contributed by atoms with Crippen molar-refractivity contribution in [2.45, 2.75) is 51.3 Å². The zero-order valence-electron chi connectivity index (χ0n) is 23.5. The van der Waals surface area contributed by atoms with E-state index in [2.05, 4.69) is 42.3 Å². The molecule has 3 aromatic rings. The second kappa shape index (κ2) is 13.8. The molecule has 2 N–H and O–H groups in total. The number of rotatable bonds is 11. The van der Waals surface area contributed by atoms with E-state index < -0.39 is 0 Å². The zero-order chi connectivity index (χ0) is 28.6. The maximum atomic E-state index is 13.2. The molecule has 2 aliphatic heterocycles. The second-order valence-electron chi connectivity index (χ2n) is 10.4. The molecule has 2 saturated heterocycles. The molecule has 0 radical (unpaired) electrons. The Balaban J connectivity index is 1.23. The highest BCUT2D eigenvalue weighted by molar-refractivity contribution is 7.14. The smallest absolute Gasteiger partial charge is 0.316 e. The second-order valence-corrected chi connectivity index (χ2v) is 11.2. The lowest BCUT2D eigenvalue weighted by molar-refractivity contribution is 0.0937. The van der Waals surface area contributed by atoms with Gasteiger partial charge in [0.25, 0.3) is 11.8 Å². The highest BCUT2D eigenvalue weighted by Crippen LogP contribution is 2.27. The van der Waals surface area contributed by atoms with Gasteiger partial charge < -0.3 is 25.0 Å². The van der Waals surface area contributed by atoms with Crippen molar-refractivity contribution in [1.29, 1.82) is 0 Å². The predicted molar refractivity (Wildman–Crippen MR) is 158 cm³/mol. The number of benzene rings is 1. The largest absolute Gasteiger partial charge is 0.460 e. The van der Waals surface area contributed by atoms with Crippen molar-refractivity contribution in [2.75, 3.05) is 50.1 Å². The average Bonchev–Trinajstić information content (AvgIpc) is 3.64. The maximum absolute atomic E-state index is 13.2. The summed E-state index contributed by atoms with van der Waals surface area (Å²) in [6.07, 6.45) is 7.36. The first-order chi connectivity index (χ1) is 20.0. The molecule has 11 nitrogen and oxygen atoms in total. The molecular formula is C29H37N7O4S. The SMILES string of the molecule is COCCNC(=O)c1cc(CN2CCC[C@H]2C)ccc1NC(=O)c1csc(N2CCC(Oc3ncccn3)CC2)n1. The number of thiazole rings is 1. The molecule has 2 fully saturated rings. The average molecular weight is 580 g/mol. The number of hydrogen-bond donors (Lipinski definition) is 2. The Kier molecular flexibility index (Phi) is 9.75. The summed E-state index contributed by atoms with van der Waals surface area (Å²) in [7, 11) is 1.59. The first kappa shape index (κ1) is 28.9. The van der Waals surface area contributed by atoms with Crippen molar-refractivity contribution < 1.29 is 19.1 Å². The van der Waals surface area contributed by atoms with Crippen molar-refractivity contribution in [3.8, 4) is 6.01 Å². The summed E-state index contributed by atoms with van der Waals surface area (Å²) in [4.78, 5) is 43.8. The van der Waals surface area contributed by atoms with Gasteiger partial charge in [-0.1, -0.05) is 6.07 Å². The van der Waals surface area contributed by atoms with Gasteiger partial charge in [0.1, 0.15) is 11.8 Å². The summed E-state index contributed by atoms with van der Waals surface area (Å²) < 4.78 is 11.0. The van der Waals surface area contributed by atoms with E-state index in [1.807, 2.05) is 18.2 Å². The van der Waals surface area contributed by atoms with Crippen LogP contribution in [0.15, 0.2) is 42.0 Å². The van der Waals surface area contributed by atoms with Crippen molar-refractivity contribution in [1.82, 2.24) is 25.2 Å². The van der Waals surface area contributed by atoms with E-state index in [0.717, 1.165) is 49.7 Å². The lowest BCUT2D eigenvalue weighted by Gasteiger charge is -2.31. The van der Waals surface area contributed by atoms with E-state index in [4.69, 9.17) is 9.47 Å². The molecule has 12 heteroatoms. The first-order valence-electron chi connectivity index (χ1n) is 14.1. The number of nitrogens with zero attached hydrogens (tertiary/aromatic N) is 5. The lowest BCUT2D eigenvalue weighted by Crippen LogP contribution is -2.38. The Morgan fingerprint density at radius 1 is 1.10 bits per heavy atom. The van der Waals surface area contributed by atoms with Gasteiger partial charge in [0, 0.05) is 69.9 Å². The summed E-state index contributed by atoms with van der Waals surface area (Å²) in [6.45, 7) is 6.35. The summed E-state index contributed by atoms with van der Waals surface area (Å²) in [6, 6.07) is 8.34. The third-order valence-electron chi connectivity index (χ3n) is 7.50. The molecule has 4 heterocycles. The molecule has 2 aromatic heterocycles. The summed E-state index contributed by atoms with van der Waals surface area (Å²) >= 11 is 1.43. The molecule has 0 aliphatic carbocycles. The molecular weight excluding hydrogens is 542 g/mol. The van der Waals surface area contributed by atoms with E-state index in [0.29, 0.717) is 42.1 Å². The number of anilines is 2. The van der Waals surface area contributed by atoms with Crippen LogP contribution in [0.2, 0.25) is 0 Å². The van der Waals surface area contributed by atoms with Crippen LogP contribution in [-0.4, -0.2) is 83.7 Å². The Labute approximate surface area is 244 Å². The quantitative estimate of drug-likeness (QED) is 0.328. The Morgan fingerprint density at radius 3 is 2.63 bits per heavy atom. The van der Waals surface area contributed by atoms with Crippen LogP contribution in [-0.2, 0) is 11.3 Å². The number of hydrogen-bond acceptors (Lipinski definition) is 10. The van der Waals surface area contributed by atoms with Gasteiger partial charge >= 0.3 is 6.01 Å². The number of methoxy groups -OCH3 is 1. The molecule has 2 amide bonds. The fourth-order valence-corrected chi connectivity index (χ4v) is 6.03. The number of ether oxygens (including phenoxy) is 2. The van der Waals surface area contributed by atoms with Crippen molar-refractivity contribution in [3.63, 3.8) is 0 Å². The highest BCUT2D eigenvalue weighted by atomic mass is 32.1. The van der Waals surface area contributed by atoms with Gasteiger partial charge in [-0.3, -0.25) is 14.5 Å². The highest BCUT2D eigenvalue weighted by Gasteiger charge is 2.25. The molecule has 5 rings (SSSR count). The lowest BCUT2D eigenvalue weighted by atomic mass is 10.1. The van der Waals surface area contributed by atoms with E-state index in [1.54, 1.807) is 30.9 Å². The van der Waals surface area contributed by atoms with Crippen LogP contribution in [0.5, 0.6) is 6.01 Å². The fourth-order valence-electron chi connectivity index (χ4n) is 5.17. The van der Waals surface area contributed by atoms with Crippen LogP contribution < -0.4 is 20.3 Å². The van der Waals surface area contributed by atoms with Crippen LogP contribution in [0.1, 0.15) is 59.0 Å². The van der Waals surface area contributed by atoms with Gasteiger partial charge in [-0.15, -0.1) is 11.3 Å². The first-order valence-corrected chi connectivity index (χ1v) is 15.0. The normalized spacial score (nSPS) is 17.9. The van der Waals surface area contributed by atoms with Gasteiger partial charge in [-0.25, -0.2) is 15.0 Å². The third-order valence-corrected chi connectivity index (χ3v) is 8.40. The standard InChI is InChI=1S/C29H37N7O4S/c1-20-5-3-13-36(20)18-21-6-7-24(23(17-21)26(37)30-12-16-39-2)33-27(38)25-19-41-29(34-25)35-14-8-22(9-15-35)40-28-31-10-4-11-32-28/h4,6-7,10-11,17,19-20,22H,3,5,8-9,12-16,18H2,1-2H3,(H,30,37)(H,33,38)/t20-/m1/s1. The Bertz CT molecular complexity index is 1310. The van der Waals surface area contributed by atoms with Crippen LogP contribution in [0, 0.1) is 0 Å². The number of aromatic nitrogens is 3. The molecule has 41 heavy (non-hydrogen) atoms. The molecule has 1 aromatic carbocycles. The molecule has 1 atom stereocenters. The van der Waals surface area contributed by atoms with Crippen molar-refractivity contribution in [2.24, 2.45) is 0 Å². The summed E-state index contributed by atoms with van der Waals surface area (Å²) in [5.41, 5.74) is 2.25. The topological polar surface area (TPSA) is 122 Å². The van der Waals surface area contributed by atoms with E-state index >= 15 is 0 Å². The number of carbonyl (C=O) groups is 2. The number of piperidine rings is 1. The van der Waals surface area contributed by atoms with Gasteiger partial charge in [-0.05, 0) is 50.1 Å². The Morgan fingerprint density at radius 2 is 1.90 bits per heavy atom. The van der Waals surface area contributed by atoms with Crippen molar-refractivity contribution in [3.05, 3.63) is 58.9 Å². The van der Waals surface area contributed by atoms with E-state index in [9.17, 15) is 9.59 Å². The monoisotopic (exact) mass is 579 g/mol. The zero-order valence-corrected chi connectivity index (χ0v) is 24.4.